The lowest BCUT2D eigenvalue weighted by molar-refractivity contribution is -0.136. The first kappa shape index (κ1) is 22.6. The van der Waals surface area contributed by atoms with Crippen molar-refractivity contribution < 1.29 is 23.9 Å². The Morgan fingerprint density at radius 2 is 1.70 bits per heavy atom. The largest absolute Gasteiger partial charge is 0.454 e. The average Bonchev–Trinajstić information content (AvgIpc) is 3.30. The first-order valence-corrected chi connectivity index (χ1v) is 11.3. The number of rotatable bonds is 7. The summed E-state index contributed by atoms with van der Waals surface area (Å²) in [4.78, 5) is 38.9. The minimum atomic E-state index is -0.176. The van der Waals surface area contributed by atoms with Crippen molar-refractivity contribution in [1.82, 2.24) is 10.2 Å². The molecule has 0 spiro atoms. The first-order valence-electron chi connectivity index (χ1n) is 11.3. The highest BCUT2D eigenvalue weighted by atomic mass is 16.7. The zero-order valence-electron chi connectivity index (χ0n) is 18.8. The molecule has 2 N–H and O–H groups in total. The molecule has 3 amide bonds. The molecular weight excluding hydrogens is 422 g/mol. The van der Waals surface area contributed by atoms with Crippen LogP contribution in [0, 0.1) is 12.8 Å². The zero-order valence-corrected chi connectivity index (χ0v) is 18.8. The monoisotopic (exact) mass is 451 g/mol. The van der Waals surface area contributed by atoms with Gasteiger partial charge in [-0.05, 0) is 49.6 Å². The molecule has 0 radical (unpaired) electrons. The smallest absolute Gasteiger partial charge is 0.231 e. The van der Waals surface area contributed by atoms with Crippen molar-refractivity contribution in [3.63, 3.8) is 0 Å². The highest BCUT2D eigenvalue weighted by Crippen LogP contribution is 2.32. The number of hydrogen-bond acceptors (Lipinski definition) is 5. The van der Waals surface area contributed by atoms with Gasteiger partial charge in [-0.15, -0.1) is 0 Å². The summed E-state index contributed by atoms with van der Waals surface area (Å²) < 4.78 is 10.7. The van der Waals surface area contributed by atoms with Crippen LogP contribution in [0.25, 0.3) is 0 Å². The van der Waals surface area contributed by atoms with Crippen LogP contribution >= 0.6 is 0 Å². The molecule has 0 atom stereocenters. The fraction of sp³-hybridized carbons (Fsp3) is 0.400. The quantitative estimate of drug-likeness (QED) is 0.675. The normalized spacial score (nSPS) is 15.2. The molecule has 1 fully saturated rings. The van der Waals surface area contributed by atoms with Crippen molar-refractivity contribution in [2.24, 2.45) is 5.92 Å². The van der Waals surface area contributed by atoms with Gasteiger partial charge in [0.05, 0.1) is 0 Å². The molecule has 2 heterocycles. The third-order valence-electron chi connectivity index (χ3n) is 6.02. The van der Waals surface area contributed by atoms with Gasteiger partial charge in [-0.3, -0.25) is 14.4 Å². The maximum atomic E-state index is 12.6. The van der Waals surface area contributed by atoms with E-state index < -0.39 is 0 Å². The number of benzene rings is 2. The number of aryl methyl sites for hydroxylation is 1. The van der Waals surface area contributed by atoms with Gasteiger partial charge in [0, 0.05) is 44.1 Å². The van der Waals surface area contributed by atoms with E-state index in [9.17, 15) is 14.4 Å². The van der Waals surface area contributed by atoms with Crippen LogP contribution in [0.2, 0.25) is 0 Å². The maximum Gasteiger partial charge on any atom is 0.231 e. The summed E-state index contributed by atoms with van der Waals surface area (Å²) in [6.45, 7) is 3.68. The molecule has 2 aliphatic rings. The topological polar surface area (TPSA) is 97.0 Å². The van der Waals surface area contributed by atoms with Crippen molar-refractivity contribution in [3.05, 3.63) is 53.6 Å². The van der Waals surface area contributed by atoms with E-state index in [1.54, 1.807) is 4.90 Å². The van der Waals surface area contributed by atoms with Crippen LogP contribution in [0.1, 0.15) is 36.8 Å². The Morgan fingerprint density at radius 3 is 2.45 bits per heavy atom. The highest BCUT2D eigenvalue weighted by Gasteiger charge is 2.27. The van der Waals surface area contributed by atoms with Gasteiger partial charge in [-0.1, -0.05) is 23.8 Å². The Hall–Kier alpha value is -3.55. The van der Waals surface area contributed by atoms with Crippen molar-refractivity contribution in [2.75, 3.05) is 25.2 Å². The lowest BCUT2D eigenvalue weighted by Crippen LogP contribution is -2.43. The van der Waals surface area contributed by atoms with E-state index in [0.717, 1.165) is 22.6 Å². The summed E-state index contributed by atoms with van der Waals surface area (Å²) >= 11 is 0. The lowest BCUT2D eigenvalue weighted by Gasteiger charge is -2.31. The van der Waals surface area contributed by atoms with Gasteiger partial charge >= 0.3 is 0 Å². The summed E-state index contributed by atoms with van der Waals surface area (Å²) in [6.07, 6.45) is 1.55. The van der Waals surface area contributed by atoms with Crippen LogP contribution in [-0.2, 0) is 20.9 Å². The van der Waals surface area contributed by atoms with E-state index in [-0.39, 0.29) is 43.3 Å². The van der Waals surface area contributed by atoms with E-state index in [1.807, 2.05) is 49.4 Å². The highest BCUT2D eigenvalue weighted by molar-refractivity contribution is 5.93. The molecular formula is C25H29N3O5. The minimum absolute atomic E-state index is 0.00255. The number of carbonyl (C=O) groups is 3. The van der Waals surface area contributed by atoms with Crippen molar-refractivity contribution in [1.29, 1.82) is 0 Å². The van der Waals surface area contributed by atoms with E-state index in [2.05, 4.69) is 10.6 Å². The molecule has 0 aromatic heterocycles. The predicted octanol–water partition coefficient (Wildman–Crippen LogP) is 3.00. The summed E-state index contributed by atoms with van der Waals surface area (Å²) in [7, 11) is 0. The van der Waals surface area contributed by atoms with E-state index in [0.29, 0.717) is 38.2 Å². The predicted molar refractivity (Wildman–Crippen MR) is 123 cm³/mol. The number of carbonyl (C=O) groups excluding carboxylic acids is 3. The molecule has 4 rings (SSSR count). The fourth-order valence-electron chi connectivity index (χ4n) is 4.01. The van der Waals surface area contributed by atoms with Crippen LogP contribution in [0.15, 0.2) is 42.5 Å². The summed E-state index contributed by atoms with van der Waals surface area (Å²) in [5.74, 6) is 1.07. The molecule has 0 bridgehead atoms. The Balaban J connectivity index is 1.15. The van der Waals surface area contributed by atoms with Gasteiger partial charge in [-0.25, -0.2) is 0 Å². The number of amides is 3. The Kier molecular flexibility index (Phi) is 7.12. The fourth-order valence-corrected chi connectivity index (χ4v) is 4.01. The number of nitrogens with zero attached hydrogens (tertiary/aromatic N) is 1. The Bertz CT molecular complexity index is 1010. The first-order chi connectivity index (χ1) is 16.0. The second-order valence-corrected chi connectivity index (χ2v) is 8.47. The molecule has 2 aliphatic heterocycles. The Morgan fingerprint density at radius 1 is 0.970 bits per heavy atom. The minimum Gasteiger partial charge on any atom is -0.454 e. The molecule has 1 saturated heterocycles. The van der Waals surface area contributed by atoms with Gasteiger partial charge in [0.15, 0.2) is 11.5 Å². The number of ether oxygens (including phenoxy) is 2. The van der Waals surface area contributed by atoms with Crippen LogP contribution < -0.4 is 20.1 Å². The van der Waals surface area contributed by atoms with Gasteiger partial charge in [-0.2, -0.15) is 0 Å². The average molecular weight is 452 g/mol. The second-order valence-electron chi connectivity index (χ2n) is 8.47. The van der Waals surface area contributed by atoms with Crippen molar-refractivity contribution in [2.45, 2.75) is 39.2 Å². The molecule has 174 valence electrons. The number of nitrogens with one attached hydrogen (secondary N) is 2. The molecule has 0 aliphatic carbocycles. The summed E-state index contributed by atoms with van der Waals surface area (Å²) in [5.41, 5.74) is 2.79. The van der Waals surface area contributed by atoms with E-state index in [4.69, 9.17) is 9.47 Å². The van der Waals surface area contributed by atoms with Crippen LogP contribution in [0.4, 0.5) is 5.69 Å². The second kappa shape index (κ2) is 10.4. The van der Waals surface area contributed by atoms with Gasteiger partial charge in [0.1, 0.15) is 0 Å². The van der Waals surface area contributed by atoms with Gasteiger partial charge in [0.2, 0.25) is 24.5 Å². The van der Waals surface area contributed by atoms with Gasteiger partial charge < -0.3 is 25.0 Å². The third kappa shape index (κ3) is 6.03. The molecule has 8 nitrogen and oxygen atoms in total. The molecule has 2 aromatic carbocycles. The molecule has 8 heteroatoms. The zero-order chi connectivity index (χ0) is 23.2. The number of anilines is 1. The molecule has 33 heavy (non-hydrogen) atoms. The van der Waals surface area contributed by atoms with Crippen LogP contribution in [0.3, 0.4) is 0 Å². The summed E-state index contributed by atoms with van der Waals surface area (Å²) in [5, 5.41) is 5.79. The number of hydrogen-bond donors (Lipinski definition) is 2. The lowest BCUT2D eigenvalue weighted by atomic mass is 9.95. The molecule has 0 unspecified atom stereocenters. The summed E-state index contributed by atoms with van der Waals surface area (Å²) in [6, 6.07) is 13.2. The molecule has 0 saturated carbocycles. The van der Waals surface area contributed by atoms with Crippen molar-refractivity contribution >= 4 is 23.4 Å². The Labute approximate surface area is 193 Å². The standard InChI is InChI=1S/C25H29N3O5/c1-17-2-5-20(6-3-17)27-23(29)8-9-24(30)28-12-10-19(11-13-28)25(31)26-15-18-4-7-21-22(14-18)33-16-32-21/h2-7,14,19H,8-13,15-16H2,1H3,(H,26,31)(H,27,29). The van der Waals surface area contributed by atoms with Crippen LogP contribution in [-0.4, -0.2) is 42.5 Å². The maximum absolute atomic E-state index is 12.6. The number of likely N-dealkylation sites (tertiary alicyclic amines) is 1. The molecule has 2 aromatic rings. The van der Waals surface area contributed by atoms with Gasteiger partial charge in [0.25, 0.3) is 0 Å². The van der Waals surface area contributed by atoms with E-state index >= 15 is 0 Å². The number of piperidine rings is 1. The van der Waals surface area contributed by atoms with Crippen LogP contribution in [0.5, 0.6) is 11.5 Å². The number of fused-ring (bicyclic) bond motifs is 1. The van der Waals surface area contributed by atoms with Crippen molar-refractivity contribution in [3.8, 4) is 11.5 Å². The third-order valence-corrected chi connectivity index (χ3v) is 6.02. The SMILES string of the molecule is Cc1ccc(NC(=O)CCC(=O)N2CCC(C(=O)NCc3ccc4c(c3)OCO4)CC2)cc1. The van der Waals surface area contributed by atoms with E-state index in [1.165, 1.54) is 0 Å².